The fraction of sp³-hybridized carbons (Fsp3) is 0.619. The minimum atomic E-state index is -0.337. The highest BCUT2D eigenvalue weighted by Gasteiger charge is 2.34. The number of fused-ring (bicyclic) bond motifs is 1. The lowest BCUT2D eigenvalue weighted by atomic mass is 9.86. The second kappa shape index (κ2) is 7.39. The summed E-state index contributed by atoms with van der Waals surface area (Å²) in [6.45, 7) is 5.88. The molecule has 140 valence electrons. The number of benzene rings is 1. The van der Waals surface area contributed by atoms with E-state index in [9.17, 15) is 9.59 Å². The topological polar surface area (TPSA) is 52.7 Å². The van der Waals surface area contributed by atoms with Gasteiger partial charge in [-0.25, -0.2) is 0 Å². The highest BCUT2D eigenvalue weighted by molar-refractivity contribution is 6.04. The molecule has 3 aliphatic rings. The smallest absolute Gasteiger partial charge is 0.232 e. The zero-order chi connectivity index (χ0) is 18.1. The summed E-state index contributed by atoms with van der Waals surface area (Å²) in [6, 6.07) is 8.40. The third kappa shape index (κ3) is 3.50. The van der Waals surface area contributed by atoms with Crippen LogP contribution in [0, 0.1) is 5.92 Å². The van der Waals surface area contributed by atoms with E-state index in [0.717, 1.165) is 43.3 Å². The van der Waals surface area contributed by atoms with Gasteiger partial charge in [-0.15, -0.1) is 0 Å². The van der Waals surface area contributed by atoms with Crippen molar-refractivity contribution in [3.63, 3.8) is 0 Å². The molecule has 5 nitrogen and oxygen atoms in total. The third-order valence-corrected chi connectivity index (χ3v) is 6.46. The molecular weight excluding hydrogens is 326 g/mol. The lowest BCUT2D eigenvalue weighted by molar-refractivity contribution is -0.135. The molecule has 2 heterocycles. The van der Waals surface area contributed by atoms with E-state index in [1.165, 1.54) is 25.7 Å². The summed E-state index contributed by atoms with van der Waals surface area (Å²) < 4.78 is 0. The normalized spacial score (nSPS) is 29.3. The van der Waals surface area contributed by atoms with Crippen molar-refractivity contribution in [2.75, 3.05) is 31.5 Å². The van der Waals surface area contributed by atoms with Crippen molar-refractivity contribution in [2.24, 2.45) is 5.92 Å². The van der Waals surface area contributed by atoms with E-state index >= 15 is 0 Å². The molecule has 1 unspecified atom stereocenters. The maximum Gasteiger partial charge on any atom is 0.232 e. The molecule has 0 spiro atoms. The van der Waals surface area contributed by atoms with Crippen molar-refractivity contribution in [2.45, 2.75) is 51.0 Å². The standard InChI is InChI=1S/C21H29N3O2/c1-15-6-8-16(9-7-15)23-10-12-24(13-11-23)20(25)14-18-17-4-2-3-5-19(17)22-21(18)26/h2-5,15-16,18H,6-14H2,1H3,(H,22,26). The van der Waals surface area contributed by atoms with Gasteiger partial charge in [-0.3, -0.25) is 14.5 Å². The first-order chi connectivity index (χ1) is 12.6. The summed E-state index contributed by atoms with van der Waals surface area (Å²) in [5, 5.41) is 2.89. The van der Waals surface area contributed by atoms with Crippen molar-refractivity contribution in [3.8, 4) is 0 Å². The van der Waals surface area contributed by atoms with Gasteiger partial charge in [0.05, 0.1) is 5.92 Å². The Labute approximate surface area is 155 Å². The highest BCUT2D eigenvalue weighted by Crippen LogP contribution is 2.35. The van der Waals surface area contributed by atoms with Crippen LogP contribution in [0.4, 0.5) is 5.69 Å². The zero-order valence-electron chi connectivity index (χ0n) is 15.6. The zero-order valence-corrected chi connectivity index (χ0v) is 15.6. The largest absolute Gasteiger partial charge is 0.340 e. The molecule has 1 aromatic rings. The molecule has 0 aromatic heterocycles. The number of rotatable bonds is 3. The van der Waals surface area contributed by atoms with Gasteiger partial charge in [-0.05, 0) is 43.2 Å². The Bertz CT molecular complexity index is 674. The Balaban J connectivity index is 1.31. The van der Waals surface area contributed by atoms with Gasteiger partial charge in [0.2, 0.25) is 11.8 Å². The molecule has 1 saturated carbocycles. The van der Waals surface area contributed by atoms with Gasteiger partial charge >= 0.3 is 0 Å². The van der Waals surface area contributed by atoms with Crippen LogP contribution < -0.4 is 5.32 Å². The van der Waals surface area contributed by atoms with E-state index in [0.29, 0.717) is 6.04 Å². The van der Waals surface area contributed by atoms with Crippen molar-refractivity contribution >= 4 is 17.5 Å². The fourth-order valence-corrected chi connectivity index (χ4v) is 4.73. The summed E-state index contributed by atoms with van der Waals surface area (Å²) in [6.07, 6.45) is 5.55. The van der Waals surface area contributed by atoms with E-state index in [-0.39, 0.29) is 24.2 Å². The summed E-state index contributed by atoms with van der Waals surface area (Å²) in [7, 11) is 0. The van der Waals surface area contributed by atoms with Crippen molar-refractivity contribution in [1.29, 1.82) is 0 Å². The molecule has 0 radical (unpaired) electrons. The maximum atomic E-state index is 12.8. The quantitative estimate of drug-likeness (QED) is 0.907. The predicted octanol–water partition coefficient (Wildman–Crippen LogP) is 2.84. The number of para-hydroxylation sites is 1. The Morgan fingerprint density at radius 2 is 1.77 bits per heavy atom. The van der Waals surface area contributed by atoms with Gasteiger partial charge in [0.25, 0.3) is 0 Å². The van der Waals surface area contributed by atoms with Crippen LogP contribution in [0.15, 0.2) is 24.3 Å². The van der Waals surface area contributed by atoms with Crippen LogP contribution in [0.3, 0.4) is 0 Å². The van der Waals surface area contributed by atoms with E-state index < -0.39 is 0 Å². The van der Waals surface area contributed by atoms with Crippen LogP contribution in [-0.4, -0.2) is 53.8 Å². The van der Waals surface area contributed by atoms with Crippen molar-refractivity contribution in [3.05, 3.63) is 29.8 Å². The summed E-state index contributed by atoms with van der Waals surface area (Å²) in [4.78, 5) is 29.5. The second-order valence-corrected chi connectivity index (χ2v) is 8.16. The van der Waals surface area contributed by atoms with Gasteiger partial charge in [-0.1, -0.05) is 25.1 Å². The molecule has 26 heavy (non-hydrogen) atoms. The summed E-state index contributed by atoms with van der Waals surface area (Å²) >= 11 is 0. The van der Waals surface area contributed by atoms with E-state index in [4.69, 9.17) is 0 Å². The first-order valence-electron chi connectivity index (χ1n) is 10.0. The second-order valence-electron chi connectivity index (χ2n) is 8.16. The van der Waals surface area contributed by atoms with E-state index in [1.807, 2.05) is 29.2 Å². The van der Waals surface area contributed by atoms with E-state index in [2.05, 4.69) is 17.1 Å². The average molecular weight is 355 g/mol. The Hall–Kier alpha value is -1.88. The molecule has 1 aromatic carbocycles. The first kappa shape index (κ1) is 17.5. The lowest BCUT2D eigenvalue weighted by Gasteiger charge is -2.41. The fourth-order valence-electron chi connectivity index (χ4n) is 4.73. The van der Waals surface area contributed by atoms with Crippen molar-refractivity contribution in [1.82, 2.24) is 9.80 Å². The molecule has 2 fully saturated rings. The molecule has 1 aliphatic carbocycles. The molecule has 0 bridgehead atoms. The molecule has 2 aliphatic heterocycles. The maximum absolute atomic E-state index is 12.8. The number of nitrogens with zero attached hydrogens (tertiary/aromatic N) is 2. The number of nitrogens with one attached hydrogen (secondary N) is 1. The lowest BCUT2D eigenvalue weighted by Crippen LogP contribution is -2.52. The molecule has 2 amide bonds. The number of amides is 2. The molecule has 5 heteroatoms. The number of anilines is 1. The van der Waals surface area contributed by atoms with Gasteiger partial charge in [0.1, 0.15) is 0 Å². The number of piperazine rings is 1. The van der Waals surface area contributed by atoms with Crippen LogP contribution in [0.25, 0.3) is 0 Å². The monoisotopic (exact) mass is 355 g/mol. The number of carbonyl (C=O) groups excluding carboxylic acids is 2. The Morgan fingerprint density at radius 1 is 1.08 bits per heavy atom. The average Bonchev–Trinajstić information content (AvgIpc) is 2.98. The van der Waals surface area contributed by atoms with Crippen LogP contribution in [0.5, 0.6) is 0 Å². The number of hydrogen-bond donors (Lipinski definition) is 1. The summed E-state index contributed by atoms with van der Waals surface area (Å²) in [5.41, 5.74) is 1.81. The number of hydrogen-bond acceptors (Lipinski definition) is 3. The molecule has 1 N–H and O–H groups in total. The van der Waals surface area contributed by atoms with Gasteiger partial charge in [0.15, 0.2) is 0 Å². The third-order valence-electron chi connectivity index (χ3n) is 6.46. The molecular formula is C21H29N3O2. The molecule has 1 atom stereocenters. The highest BCUT2D eigenvalue weighted by atomic mass is 16.2. The first-order valence-corrected chi connectivity index (χ1v) is 10.0. The van der Waals surface area contributed by atoms with Gasteiger partial charge in [-0.2, -0.15) is 0 Å². The van der Waals surface area contributed by atoms with Gasteiger partial charge < -0.3 is 10.2 Å². The van der Waals surface area contributed by atoms with Crippen LogP contribution in [-0.2, 0) is 9.59 Å². The predicted molar refractivity (Wildman–Crippen MR) is 102 cm³/mol. The number of carbonyl (C=O) groups is 2. The Morgan fingerprint density at radius 3 is 2.50 bits per heavy atom. The van der Waals surface area contributed by atoms with Crippen LogP contribution in [0.2, 0.25) is 0 Å². The minimum Gasteiger partial charge on any atom is -0.340 e. The van der Waals surface area contributed by atoms with E-state index in [1.54, 1.807) is 0 Å². The van der Waals surface area contributed by atoms with Crippen molar-refractivity contribution < 1.29 is 9.59 Å². The van der Waals surface area contributed by atoms with Crippen LogP contribution >= 0.6 is 0 Å². The molecule has 4 rings (SSSR count). The molecule has 1 saturated heterocycles. The summed E-state index contributed by atoms with van der Waals surface area (Å²) in [5.74, 6) is 0.597. The van der Waals surface area contributed by atoms with Gasteiger partial charge in [0, 0.05) is 44.3 Å². The van der Waals surface area contributed by atoms with Crippen LogP contribution in [0.1, 0.15) is 50.5 Å². The Kier molecular flexibility index (Phi) is 4.98. The minimum absolute atomic E-state index is 0.0467. The SMILES string of the molecule is CC1CCC(N2CCN(C(=O)CC3C(=O)Nc4ccccc43)CC2)CC1.